The smallest absolute Gasteiger partial charge is 0.328 e. The van der Waals surface area contributed by atoms with Gasteiger partial charge in [-0.3, -0.25) is 0 Å². The average Bonchev–Trinajstić information content (AvgIpc) is 3.04. The van der Waals surface area contributed by atoms with E-state index in [4.69, 9.17) is 4.74 Å². The lowest BCUT2D eigenvalue weighted by atomic mass is 10.2. The molecule has 1 aromatic rings. The number of hydrogen-bond donors (Lipinski definition) is 0. The third-order valence-electron chi connectivity index (χ3n) is 3.94. The number of hydrogen-bond acceptors (Lipinski definition) is 7. The maximum absolute atomic E-state index is 12.4. The van der Waals surface area contributed by atoms with Crippen LogP contribution in [-0.4, -0.2) is 62.2 Å². The van der Waals surface area contributed by atoms with E-state index in [0.717, 1.165) is 30.6 Å². The van der Waals surface area contributed by atoms with Crippen LogP contribution in [0, 0.1) is 0 Å². The van der Waals surface area contributed by atoms with Crippen molar-refractivity contribution in [3.05, 3.63) is 0 Å². The quantitative estimate of drug-likeness (QED) is 0.510. The topological polar surface area (TPSA) is 92.7 Å². The molecule has 0 spiro atoms. The van der Waals surface area contributed by atoms with Crippen LogP contribution in [0.4, 0.5) is 9.93 Å². The number of rotatable bonds is 8. The Morgan fingerprint density at radius 2 is 2.04 bits per heavy atom. The minimum Gasteiger partial charge on any atom is -0.361 e. The van der Waals surface area contributed by atoms with E-state index in [1.54, 1.807) is 11.9 Å². The number of amides is 2. The predicted octanol–water partition coefficient (Wildman–Crippen LogP) is 2.13. The van der Waals surface area contributed by atoms with E-state index in [2.05, 4.69) is 17.1 Å². The lowest BCUT2D eigenvalue weighted by Gasteiger charge is -2.37. The Hall–Kier alpha value is -1.26. The molecule has 1 unspecified atom stereocenters. The summed E-state index contributed by atoms with van der Waals surface area (Å²) in [5.74, 6) is 0.0587. The Morgan fingerprint density at radius 1 is 1.29 bits per heavy atom. The molecule has 10 heteroatoms. The number of carbonyl (C=O) groups excluding carboxylic acids is 1. The highest BCUT2D eigenvalue weighted by molar-refractivity contribution is 7.93. The summed E-state index contributed by atoms with van der Waals surface area (Å²) in [6.45, 7) is 2.65. The number of sulfone groups is 1. The number of urea groups is 1. The fraction of sp³-hybridized carbons (Fsp3) is 0.786. The molecule has 8 nitrogen and oxygen atoms in total. The zero-order chi connectivity index (χ0) is 17.7. The minimum atomic E-state index is -3.46. The molecule has 0 bridgehead atoms. The van der Waals surface area contributed by atoms with E-state index in [1.807, 2.05) is 0 Å². The second kappa shape index (κ2) is 8.21. The van der Waals surface area contributed by atoms with Gasteiger partial charge in [-0.15, -0.1) is 10.2 Å². The normalized spacial score (nSPS) is 19.1. The van der Waals surface area contributed by atoms with Crippen LogP contribution >= 0.6 is 11.3 Å². The fourth-order valence-electron chi connectivity index (χ4n) is 2.50. The second-order valence-electron chi connectivity index (χ2n) is 5.78. The van der Waals surface area contributed by atoms with Gasteiger partial charge in [0.05, 0.1) is 5.75 Å². The average molecular weight is 377 g/mol. The first kappa shape index (κ1) is 19.1. The molecule has 24 heavy (non-hydrogen) atoms. The summed E-state index contributed by atoms with van der Waals surface area (Å²) >= 11 is 0.923. The molecular weight excluding hydrogens is 352 g/mol. The molecule has 0 saturated carbocycles. The summed E-state index contributed by atoms with van der Waals surface area (Å²) in [6.07, 6.45) is 3.71. The molecule has 2 amide bonds. The second-order valence-corrected chi connectivity index (χ2v) is 9.02. The number of ether oxygens (including phenoxy) is 1. The molecule has 1 fully saturated rings. The SMILES string of the molecule is CCCCCCS(=O)(=O)c1nnc(N2C(=O)N(C)CCC2OC)s1. The van der Waals surface area contributed by atoms with E-state index in [-0.39, 0.29) is 21.3 Å². The van der Waals surface area contributed by atoms with E-state index >= 15 is 0 Å². The largest absolute Gasteiger partial charge is 0.361 e. The third-order valence-corrected chi connectivity index (χ3v) is 7.11. The van der Waals surface area contributed by atoms with Gasteiger partial charge in [-0.2, -0.15) is 0 Å². The van der Waals surface area contributed by atoms with Crippen LogP contribution in [0.3, 0.4) is 0 Å². The van der Waals surface area contributed by atoms with Crippen molar-refractivity contribution in [1.82, 2.24) is 15.1 Å². The van der Waals surface area contributed by atoms with Gasteiger partial charge in [-0.1, -0.05) is 37.5 Å². The highest BCUT2D eigenvalue weighted by Crippen LogP contribution is 2.30. The maximum Gasteiger partial charge on any atom is 0.328 e. The van der Waals surface area contributed by atoms with Crippen LogP contribution in [-0.2, 0) is 14.6 Å². The first-order valence-electron chi connectivity index (χ1n) is 8.04. The van der Waals surface area contributed by atoms with Gasteiger partial charge >= 0.3 is 6.03 Å². The van der Waals surface area contributed by atoms with Gasteiger partial charge in [-0.25, -0.2) is 18.1 Å². The Labute approximate surface area is 146 Å². The molecule has 1 aliphatic heterocycles. The summed E-state index contributed by atoms with van der Waals surface area (Å²) < 4.78 is 30.0. The molecule has 1 saturated heterocycles. The van der Waals surface area contributed by atoms with Crippen molar-refractivity contribution in [2.24, 2.45) is 0 Å². The van der Waals surface area contributed by atoms with E-state index in [1.165, 1.54) is 12.0 Å². The van der Waals surface area contributed by atoms with Crippen molar-refractivity contribution in [2.75, 3.05) is 31.4 Å². The van der Waals surface area contributed by atoms with Crippen molar-refractivity contribution < 1.29 is 17.9 Å². The first-order chi connectivity index (χ1) is 11.4. The highest BCUT2D eigenvalue weighted by atomic mass is 32.2. The monoisotopic (exact) mass is 376 g/mol. The number of nitrogens with zero attached hydrogens (tertiary/aromatic N) is 4. The molecule has 1 aliphatic rings. The lowest BCUT2D eigenvalue weighted by molar-refractivity contribution is 0.0700. The van der Waals surface area contributed by atoms with Gasteiger partial charge in [0.15, 0.2) is 0 Å². The minimum absolute atomic E-state index is 0.0371. The fourth-order valence-corrected chi connectivity index (χ4v) is 5.01. The Morgan fingerprint density at radius 3 is 2.71 bits per heavy atom. The number of unbranched alkanes of at least 4 members (excludes halogenated alkanes) is 3. The van der Waals surface area contributed by atoms with E-state index < -0.39 is 16.1 Å². The summed E-state index contributed by atoms with van der Waals surface area (Å²) in [7, 11) is -0.257. The summed E-state index contributed by atoms with van der Waals surface area (Å²) in [5.41, 5.74) is 0. The summed E-state index contributed by atoms with van der Waals surface area (Å²) in [6, 6.07) is -0.267. The van der Waals surface area contributed by atoms with Crippen LogP contribution in [0.5, 0.6) is 0 Å². The molecule has 2 rings (SSSR count). The van der Waals surface area contributed by atoms with Gasteiger partial charge in [0, 0.05) is 27.1 Å². The summed E-state index contributed by atoms with van der Waals surface area (Å²) in [4.78, 5) is 15.3. The van der Waals surface area contributed by atoms with Gasteiger partial charge in [0.2, 0.25) is 19.3 Å². The van der Waals surface area contributed by atoms with Gasteiger partial charge < -0.3 is 9.64 Å². The van der Waals surface area contributed by atoms with Gasteiger partial charge in [0.1, 0.15) is 6.23 Å². The molecule has 0 N–H and O–H groups in total. The van der Waals surface area contributed by atoms with Crippen LogP contribution in [0.1, 0.15) is 39.0 Å². The molecule has 0 aromatic carbocycles. The van der Waals surface area contributed by atoms with Crippen molar-refractivity contribution in [1.29, 1.82) is 0 Å². The molecule has 2 heterocycles. The van der Waals surface area contributed by atoms with E-state index in [0.29, 0.717) is 19.4 Å². The number of carbonyl (C=O) groups is 1. The van der Waals surface area contributed by atoms with E-state index in [9.17, 15) is 13.2 Å². The standard InChI is InChI=1S/C14H24N4O4S2/c1-4-5-6-7-10-24(20,21)13-16-15-12(23-13)18-11(22-3)8-9-17(2)14(18)19/h11H,4-10H2,1-3H3. The van der Waals surface area contributed by atoms with Crippen molar-refractivity contribution in [3.63, 3.8) is 0 Å². The van der Waals surface area contributed by atoms with Crippen molar-refractivity contribution in [2.45, 2.75) is 49.6 Å². The van der Waals surface area contributed by atoms with Crippen LogP contribution in [0.15, 0.2) is 4.34 Å². The number of anilines is 1. The first-order valence-corrected chi connectivity index (χ1v) is 10.5. The molecule has 1 atom stereocenters. The molecular formula is C14H24N4O4S2. The molecule has 1 aromatic heterocycles. The highest BCUT2D eigenvalue weighted by Gasteiger charge is 2.36. The molecule has 0 radical (unpaired) electrons. The lowest BCUT2D eigenvalue weighted by Crippen LogP contribution is -2.54. The van der Waals surface area contributed by atoms with Crippen LogP contribution in [0.2, 0.25) is 0 Å². The molecule has 136 valence electrons. The predicted molar refractivity (Wildman–Crippen MR) is 92.0 cm³/mol. The third kappa shape index (κ3) is 4.22. The Balaban J connectivity index is 2.15. The molecule has 0 aliphatic carbocycles. The van der Waals surface area contributed by atoms with Gasteiger partial charge in [-0.05, 0) is 6.42 Å². The number of methoxy groups -OCH3 is 1. The zero-order valence-corrected chi connectivity index (χ0v) is 15.9. The Kier molecular flexibility index (Phi) is 6.53. The number of aromatic nitrogens is 2. The van der Waals surface area contributed by atoms with Crippen LogP contribution in [0.25, 0.3) is 0 Å². The maximum atomic E-state index is 12.4. The van der Waals surface area contributed by atoms with Crippen molar-refractivity contribution in [3.8, 4) is 0 Å². The Bertz CT molecular complexity index is 661. The van der Waals surface area contributed by atoms with Crippen LogP contribution < -0.4 is 4.90 Å². The zero-order valence-electron chi connectivity index (χ0n) is 14.3. The van der Waals surface area contributed by atoms with Crippen molar-refractivity contribution >= 4 is 32.3 Å². The summed E-state index contributed by atoms with van der Waals surface area (Å²) in [5, 5.41) is 7.98. The van der Waals surface area contributed by atoms with Gasteiger partial charge in [0.25, 0.3) is 0 Å².